The van der Waals surface area contributed by atoms with Crippen LogP contribution in [0.2, 0.25) is 0 Å². The molecular formula is C22H16N4O3S. The molecule has 7 nitrogen and oxygen atoms in total. The van der Waals surface area contributed by atoms with Crippen molar-refractivity contribution in [2.45, 2.75) is 6.92 Å². The number of para-hydroxylation sites is 1. The molecule has 0 amide bonds. The Morgan fingerprint density at radius 2 is 2.07 bits per heavy atom. The summed E-state index contributed by atoms with van der Waals surface area (Å²) in [6.07, 6.45) is 0. The van der Waals surface area contributed by atoms with Gasteiger partial charge in [-0.3, -0.25) is 5.43 Å². The standard InChI is InChI=1S/C22H16N4O3S/c1-2-28-16-9-7-15(8-10-16)25-26-18(12-23)21-24-19(13-30-21)17-11-14-5-3-4-6-20(14)29-22(17)27/h3-11,13,25H,2H2,1H3/b26-18-. The maximum atomic E-state index is 12.3. The average molecular weight is 416 g/mol. The smallest absolute Gasteiger partial charge is 0.345 e. The largest absolute Gasteiger partial charge is 0.494 e. The number of ether oxygens (including phenoxy) is 1. The molecule has 4 rings (SSSR count). The Bertz CT molecular complexity index is 1320. The van der Waals surface area contributed by atoms with Crippen LogP contribution in [0, 0.1) is 11.3 Å². The highest BCUT2D eigenvalue weighted by Gasteiger charge is 2.14. The number of thiazole rings is 1. The van der Waals surface area contributed by atoms with Gasteiger partial charge in [0.2, 0.25) is 0 Å². The fourth-order valence-electron chi connectivity index (χ4n) is 2.78. The van der Waals surface area contributed by atoms with Crippen molar-refractivity contribution in [2.75, 3.05) is 12.0 Å². The molecule has 0 saturated heterocycles. The molecule has 8 heteroatoms. The molecule has 0 bridgehead atoms. The monoisotopic (exact) mass is 416 g/mol. The zero-order chi connectivity index (χ0) is 20.9. The molecule has 0 saturated carbocycles. The summed E-state index contributed by atoms with van der Waals surface area (Å²) in [5, 5.41) is 16.6. The molecular weight excluding hydrogens is 400 g/mol. The number of nitriles is 1. The fraction of sp³-hybridized carbons (Fsp3) is 0.0909. The molecule has 0 aliphatic heterocycles. The number of aromatic nitrogens is 1. The average Bonchev–Trinajstić information content (AvgIpc) is 3.25. The first-order valence-electron chi connectivity index (χ1n) is 9.13. The number of anilines is 1. The zero-order valence-corrected chi connectivity index (χ0v) is 16.8. The lowest BCUT2D eigenvalue weighted by atomic mass is 10.1. The summed E-state index contributed by atoms with van der Waals surface area (Å²) in [6, 6.07) is 18.3. The third-order valence-corrected chi connectivity index (χ3v) is 5.04. The lowest BCUT2D eigenvalue weighted by Gasteiger charge is -2.04. The van der Waals surface area contributed by atoms with E-state index >= 15 is 0 Å². The van der Waals surface area contributed by atoms with Crippen LogP contribution in [0.15, 0.2) is 74.3 Å². The van der Waals surface area contributed by atoms with Crippen LogP contribution in [0.25, 0.3) is 22.2 Å². The van der Waals surface area contributed by atoms with E-state index in [0.29, 0.717) is 34.1 Å². The van der Waals surface area contributed by atoms with Crippen LogP contribution < -0.4 is 15.8 Å². The van der Waals surface area contributed by atoms with Crippen molar-refractivity contribution in [3.63, 3.8) is 0 Å². The summed E-state index contributed by atoms with van der Waals surface area (Å²) < 4.78 is 10.8. The molecule has 2 aromatic carbocycles. The Morgan fingerprint density at radius 1 is 1.27 bits per heavy atom. The number of hydrogen-bond donors (Lipinski definition) is 1. The quantitative estimate of drug-likeness (QED) is 0.279. The Morgan fingerprint density at radius 3 is 2.83 bits per heavy atom. The normalized spacial score (nSPS) is 11.3. The van der Waals surface area contributed by atoms with E-state index in [9.17, 15) is 10.1 Å². The second kappa shape index (κ2) is 8.59. The Balaban J connectivity index is 1.59. The highest BCUT2D eigenvalue weighted by Crippen LogP contribution is 2.23. The Kier molecular flexibility index (Phi) is 5.54. The predicted molar refractivity (Wildman–Crippen MR) is 117 cm³/mol. The molecule has 0 radical (unpaired) electrons. The lowest BCUT2D eigenvalue weighted by Crippen LogP contribution is -2.04. The zero-order valence-electron chi connectivity index (χ0n) is 16.0. The van der Waals surface area contributed by atoms with Gasteiger partial charge in [0.05, 0.1) is 23.6 Å². The number of benzene rings is 2. The van der Waals surface area contributed by atoms with Crippen molar-refractivity contribution in [2.24, 2.45) is 5.10 Å². The van der Waals surface area contributed by atoms with E-state index in [-0.39, 0.29) is 5.71 Å². The van der Waals surface area contributed by atoms with E-state index in [1.165, 1.54) is 11.3 Å². The van der Waals surface area contributed by atoms with Crippen LogP contribution in [0.5, 0.6) is 5.75 Å². The van der Waals surface area contributed by atoms with Crippen LogP contribution in [0.4, 0.5) is 5.69 Å². The van der Waals surface area contributed by atoms with Crippen molar-refractivity contribution in [3.8, 4) is 23.1 Å². The van der Waals surface area contributed by atoms with Gasteiger partial charge in [-0.2, -0.15) is 10.4 Å². The second-order valence-corrected chi connectivity index (χ2v) is 7.02. The molecule has 2 heterocycles. The van der Waals surface area contributed by atoms with Gasteiger partial charge in [-0.15, -0.1) is 11.3 Å². The van der Waals surface area contributed by atoms with Crippen molar-refractivity contribution in [1.29, 1.82) is 5.26 Å². The maximum absolute atomic E-state index is 12.3. The van der Waals surface area contributed by atoms with Crippen molar-refractivity contribution in [3.05, 3.63) is 75.4 Å². The first-order chi connectivity index (χ1) is 14.7. The van der Waals surface area contributed by atoms with Crippen molar-refractivity contribution < 1.29 is 9.15 Å². The molecule has 0 unspecified atom stereocenters. The SMILES string of the molecule is CCOc1ccc(N/N=C(/C#N)c2nc(-c3cc4ccccc4oc3=O)cs2)cc1. The summed E-state index contributed by atoms with van der Waals surface area (Å²) in [4.78, 5) is 16.8. The van der Waals surface area contributed by atoms with Gasteiger partial charge in [0.15, 0.2) is 10.7 Å². The summed E-state index contributed by atoms with van der Waals surface area (Å²) in [7, 11) is 0. The fourth-order valence-corrected chi connectivity index (χ4v) is 3.54. The number of rotatable bonds is 6. The van der Waals surface area contributed by atoms with Gasteiger partial charge in [-0.05, 0) is 43.3 Å². The molecule has 0 fully saturated rings. The molecule has 2 aromatic heterocycles. The second-order valence-electron chi connectivity index (χ2n) is 6.16. The molecule has 0 aliphatic rings. The maximum Gasteiger partial charge on any atom is 0.345 e. The predicted octanol–water partition coefficient (Wildman–Crippen LogP) is 4.65. The topological polar surface area (TPSA) is 101 Å². The molecule has 148 valence electrons. The molecule has 0 spiro atoms. The Hall–Kier alpha value is -3.96. The number of hydrazone groups is 1. The molecule has 0 aliphatic carbocycles. The van der Waals surface area contributed by atoms with Crippen molar-refractivity contribution in [1.82, 2.24) is 4.98 Å². The number of nitrogens with one attached hydrogen (secondary N) is 1. The van der Waals surface area contributed by atoms with E-state index in [2.05, 4.69) is 15.5 Å². The number of nitrogens with zero attached hydrogens (tertiary/aromatic N) is 3. The molecule has 4 aromatic rings. The molecule has 0 atom stereocenters. The van der Waals surface area contributed by atoms with Gasteiger partial charge in [0.1, 0.15) is 17.4 Å². The van der Waals surface area contributed by atoms with E-state index < -0.39 is 5.63 Å². The van der Waals surface area contributed by atoms with Gasteiger partial charge in [0.25, 0.3) is 0 Å². The molecule has 30 heavy (non-hydrogen) atoms. The number of fused-ring (bicyclic) bond motifs is 1. The third-order valence-electron chi connectivity index (χ3n) is 4.19. The van der Waals surface area contributed by atoms with E-state index in [1.54, 1.807) is 35.7 Å². The lowest BCUT2D eigenvalue weighted by molar-refractivity contribution is 0.340. The van der Waals surface area contributed by atoms with Gasteiger partial charge in [-0.1, -0.05) is 18.2 Å². The van der Waals surface area contributed by atoms with E-state index in [1.807, 2.05) is 37.3 Å². The first-order valence-corrected chi connectivity index (χ1v) is 10.0. The van der Waals surface area contributed by atoms with Crippen LogP contribution >= 0.6 is 11.3 Å². The van der Waals surface area contributed by atoms with Crippen molar-refractivity contribution >= 4 is 33.7 Å². The summed E-state index contributed by atoms with van der Waals surface area (Å²) in [6.45, 7) is 2.51. The summed E-state index contributed by atoms with van der Waals surface area (Å²) >= 11 is 1.23. The summed E-state index contributed by atoms with van der Waals surface area (Å²) in [5.74, 6) is 0.756. The van der Waals surface area contributed by atoms with Gasteiger partial charge in [-0.25, -0.2) is 9.78 Å². The summed E-state index contributed by atoms with van der Waals surface area (Å²) in [5.41, 5.74) is 4.49. The van der Waals surface area contributed by atoms with Crippen LogP contribution in [-0.4, -0.2) is 17.3 Å². The van der Waals surface area contributed by atoms with Gasteiger partial charge in [0, 0.05) is 10.8 Å². The van der Waals surface area contributed by atoms with Crippen LogP contribution in [-0.2, 0) is 0 Å². The van der Waals surface area contributed by atoms with E-state index in [4.69, 9.17) is 9.15 Å². The number of hydrogen-bond acceptors (Lipinski definition) is 8. The van der Waals surface area contributed by atoms with Gasteiger partial charge >= 0.3 is 5.63 Å². The highest BCUT2D eigenvalue weighted by atomic mass is 32.1. The first kappa shape index (κ1) is 19.4. The minimum Gasteiger partial charge on any atom is -0.494 e. The van der Waals surface area contributed by atoms with Crippen LogP contribution in [0.1, 0.15) is 11.9 Å². The van der Waals surface area contributed by atoms with Gasteiger partial charge < -0.3 is 9.15 Å². The minimum atomic E-state index is -0.478. The Labute approximate surface area is 175 Å². The van der Waals surface area contributed by atoms with E-state index in [0.717, 1.165) is 11.1 Å². The minimum absolute atomic E-state index is 0.116. The van der Waals surface area contributed by atoms with Crippen LogP contribution in [0.3, 0.4) is 0 Å². The molecule has 1 N–H and O–H groups in total. The highest BCUT2D eigenvalue weighted by molar-refractivity contribution is 7.12. The third kappa shape index (κ3) is 4.06.